The van der Waals surface area contributed by atoms with E-state index >= 15 is 0 Å². The molecule has 11 heteroatoms. The molecule has 34 heavy (non-hydrogen) atoms. The third kappa shape index (κ3) is 4.89. The second-order valence-corrected chi connectivity index (χ2v) is 8.83. The van der Waals surface area contributed by atoms with Gasteiger partial charge in [-0.05, 0) is 36.6 Å². The van der Waals surface area contributed by atoms with E-state index in [0.717, 1.165) is 4.90 Å². The van der Waals surface area contributed by atoms with Crippen LogP contribution in [0.5, 0.6) is 0 Å². The van der Waals surface area contributed by atoms with Gasteiger partial charge in [0.15, 0.2) is 6.61 Å². The predicted octanol–water partition coefficient (Wildman–Crippen LogP) is 1.09. The van der Waals surface area contributed by atoms with Crippen LogP contribution in [-0.2, 0) is 14.3 Å². The molecule has 1 aromatic carbocycles. The van der Waals surface area contributed by atoms with Gasteiger partial charge in [0, 0.05) is 38.6 Å². The Kier molecular flexibility index (Phi) is 7.41. The Morgan fingerprint density at radius 3 is 2.21 bits per heavy atom. The van der Waals surface area contributed by atoms with Crippen LogP contribution in [-0.4, -0.2) is 94.3 Å². The Morgan fingerprint density at radius 1 is 1.00 bits per heavy atom. The van der Waals surface area contributed by atoms with Crippen LogP contribution in [0.4, 0.5) is 5.95 Å². The molecule has 1 aromatic heterocycles. The van der Waals surface area contributed by atoms with Crippen molar-refractivity contribution in [3.05, 3.63) is 53.9 Å². The maximum absolute atomic E-state index is 12.9. The van der Waals surface area contributed by atoms with E-state index in [9.17, 15) is 19.2 Å². The van der Waals surface area contributed by atoms with Crippen molar-refractivity contribution >= 4 is 41.4 Å². The number of esters is 1. The van der Waals surface area contributed by atoms with Crippen LogP contribution in [0, 0.1) is 0 Å². The molecular weight excluding hydrogens is 458 g/mol. The van der Waals surface area contributed by atoms with Crippen molar-refractivity contribution in [2.24, 2.45) is 0 Å². The molecule has 0 spiro atoms. The van der Waals surface area contributed by atoms with Gasteiger partial charge in [0.25, 0.3) is 17.7 Å². The van der Waals surface area contributed by atoms with Crippen molar-refractivity contribution < 1.29 is 23.9 Å². The summed E-state index contributed by atoms with van der Waals surface area (Å²) < 4.78 is 5.31. The molecule has 0 aliphatic carbocycles. The fourth-order valence-electron chi connectivity index (χ4n) is 4.00. The number of rotatable bonds is 8. The number of aromatic nitrogens is 2. The minimum atomic E-state index is -1.08. The molecule has 0 N–H and O–H groups in total. The fraction of sp³-hybridized carbons (Fsp3) is 0.391. The summed E-state index contributed by atoms with van der Waals surface area (Å²) in [6.45, 7) is 1.58. The largest absolute Gasteiger partial charge is 0.454 e. The van der Waals surface area contributed by atoms with E-state index in [2.05, 4.69) is 9.97 Å². The highest BCUT2D eigenvalue weighted by Crippen LogP contribution is 2.26. The topological polar surface area (TPSA) is 113 Å². The van der Waals surface area contributed by atoms with Gasteiger partial charge in [-0.25, -0.2) is 14.8 Å². The minimum absolute atomic E-state index is 0.245. The van der Waals surface area contributed by atoms with Crippen LogP contribution in [0.3, 0.4) is 0 Å². The summed E-state index contributed by atoms with van der Waals surface area (Å²) in [7, 11) is 0. The number of piperazine rings is 1. The van der Waals surface area contributed by atoms with Crippen LogP contribution < -0.4 is 4.90 Å². The van der Waals surface area contributed by atoms with E-state index in [4.69, 9.17) is 4.74 Å². The van der Waals surface area contributed by atoms with E-state index in [1.54, 1.807) is 47.6 Å². The Balaban J connectivity index is 1.35. The maximum atomic E-state index is 12.9. The number of ether oxygens (including phenoxy) is 1. The normalized spacial score (nSPS) is 16.4. The summed E-state index contributed by atoms with van der Waals surface area (Å²) in [4.78, 5) is 64.3. The van der Waals surface area contributed by atoms with E-state index in [1.165, 1.54) is 11.8 Å². The van der Waals surface area contributed by atoms with E-state index in [1.807, 2.05) is 11.2 Å². The summed E-state index contributed by atoms with van der Waals surface area (Å²) in [6.07, 6.45) is 5.45. The number of amides is 3. The van der Waals surface area contributed by atoms with E-state index in [0.29, 0.717) is 37.9 Å². The van der Waals surface area contributed by atoms with Crippen molar-refractivity contribution in [3.8, 4) is 0 Å². The molecule has 4 rings (SSSR count). The number of hydrogen-bond acceptors (Lipinski definition) is 9. The third-order valence-corrected chi connectivity index (χ3v) is 6.45. The summed E-state index contributed by atoms with van der Waals surface area (Å²) in [6, 6.07) is 7.13. The first-order valence-electron chi connectivity index (χ1n) is 10.9. The van der Waals surface area contributed by atoms with Crippen molar-refractivity contribution in [1.82, 2.24) is 19.8 Å². The molecule has 10 nitrogen and oxygen atoms in total. The molecule has 3 heterocycles. The van der Waals surface area contributed by atoms with Crippen molar-refractivity contribution in [1.29, 1.82) is 0 Å². The lowest BCUT2D eigenvalue weighted by Gasteiger charge is -2.34. The maximum Gasteiger partial charge on any atom is 0.329 e. The Hall–Kier alpha value is -3.47. The molecule has 0 bridgehead atoms. The highest BCUT2D eigenvalue weighted by atomic mass is 32.2. The van der Waals surface area contributed by atoms with Crippen molar-refractivity contribution in [2.75, 3.05) is 49.7 Å². The molecular formula is C23H25N5O5S. The van der Waals surface area contributed by atoms with Gasteiger partial charge in [0.05, 0.1) is 11.1 Å². The molecule has 0 radical (unpaired) electrons. The number of carbonyl (C=O) groups is 4. The molecule has 3 amide bonds. The second kappa shape index (κ2) is 10.6. The minimum Gasteiger partial charge on any atom is -0.454 e. The Bertz CT molecular complexity index is 1040. The first kappa shape index (κ1) is 23.7. The number of hydrogen-bond donors (Lipinski definition) is 0. The van der Waals surface area contributed by atoms with Gasteiger partial charge in [-0.15, -0.1) is 0 Å². The van der Waals surface area contributed by atoms with E-state index < -0.39 is 30.4 Å². The van der Waals surface area contributed by atoms with Gasteiger partial charge >= 0.3 is 5.97 Å². The number of thioether (sulfide) groups is 1. The summed E-state index contributed by atoms with van der Waals surface area (Å²) in [5.74, 6) is -0.965. The zero-order valence-corrected chi connectivity index (χ0v) is 19.6. The first-order chi connectivity index (χ1) is 16.5. The quantitative estimate of drug-likeness (QED) is 0.402. The molecule has 0 saturated carbocycles. The first-order valence-corrected chi connectivity index (χ1v) is 12.3. The lowest BCUT2D eigenvalue weighted by molar-refractivity contribution is -0.155. The third-order valence-electron chi connectivity index (χ3n) is 5.81. The van der Waals surface area contributed by atoms with Crippen LogP contribution in [0.25, 0.3) is 0 Å². The van der Waals surface area contributed by atoms with Crippen molar-refractivity contribution in [3.63, 3.8) is 0 Å². The zero-order valence-electron chi connectivity index (χ0n) is 18.8. The lowest BCUT2D eigenvalue weighted by atomic mass is 10.1. The van der Waals surface area contributed by atoms with Crippen LogP contribution in [0.2, 0.25) is 0 Å². The Morgan fingerprint density at radius 2 is 1.62 bits per heavy atom. The molecule has 178 valence electrons. The van der Waals surface area contributed by atoms with Crippen LogP contribution in [0.1, 0.15) is 27.1 Å². The van der Waals surface area contributed by atoms with Gasteiger partial charge in [-0.2, -0.15) is 11.8 Å². The molecule has 2 aliphatic rings. The molecule has 1 saturated heterocycles. The summed E-state index contributed by atoms with van der Waals surface area (Å²) in [5.41, 5.74) is 0.539. The van der Waals surface area contributed by atoms with Gasteiger partial charge < -0.3 is 14.5 Å². The van der Waals surface area contributed by atoms with Gasteiger partial charge in [-0.1, -0.05) is 12.1 Å². The molecule has 1 atom stereocenters. The zero-order chi connectivity index (χ0) is 24.1. The van der Waals surface area contributed by atoms with Crippen LogP contribution >= 0.6 is 11.8 Å². The highest BCUT2D eigenvalue weighted by molar-refractivity contribution is 7.98. The number of carbonyl (C=O) groups excluding carboxylic acids is 4. The predicted molar refractivity (Wildman–Crippen MR) is 126 cm³/mol. The summed E-state index contributed by atoms with van der Waals surface area (Å²) >= 11 is 1.49. The number of fused-ring (bicyclic) bond motifs is 1. The van der Waals surface area contributed by atoms with Crippen LogP contribution in [0.15, 0.2) is 42.7 Å². The van der Waals surface area contributed by atoms with Gasteiger partial charge in [0.2, 0.25) is 5.95 Å². The fourth-order valence-corrected chi connectivity index (χ4v) is 4.46. The second-order valence-electron chi connectivity index (χ2n) is 7.85. The smallest absolute Gasteiger partial charge is 0.329 e. The summed E-state index contributed by atoms with van der Waals surface area (Å²) in [5, 5.41) is 0. The average molecular weight is 484 g/mol. The lowest BCUT2D eigenvalue weighted by Crippen LogP contribution is -2.51. The molecule has 1 unspecified atom stereocenters. The monoisotopic (exact) mass is 483 g/mol. The van der Waals surface area contributed by atoms with E-state index in [-0.39, 0.29) is 23.5 Å². The number of benzene rings is 1. The SMILES string of the molecule is CSCCC(C(=O)OCC(=O)N1CCN(c2ncccn2)CC1)N1C(=O)c2ccccc2C1=O. The van der Waals surface area contributed by atoms with Gasteiger partial charge in [0.1, 0.15) is 6.04 Å². The Labute approximate surface area is 201 Å². The number of nitrogens with zero attached hydrogens (tertiary/aromatic N) is 5. The average Bonchev–Trinajstić information content (AvgIpc) is 3.13. The molecule has 2 aromatic rings. The number of imide groups is 1. The standard InChI is InChI=1S/C23H25N5O5S/c1-34-14-7-18(28-20(30)16-5-2-3-6-17(16)21(28)31)22(32)33-15-19(29)26-10-12-27(13-11-26)23-24-8-4-9-25-23/h2-6,8-9,18H,7,10-15H2,1H3. The van der Waals surface area contributed by atoms with Crippen molar-refractivity contribution in [2.45, 2.75) is 12.5 Å². The molecule has 1 fully saturated rings. The highest BCUT2D eigenvalue weighted by Gasteiger charge is 2.43. The number of anilines is 1. The molecule has 2 aliphatic heterocycles. The van der Waals surface area contributed by atoms with Gasteiger partial charge in [-0.3, -0.25) is 19.3 Å².